The molecule has 2 aromatic rings. The van der Waals surface area contributed by atoms with Crippen LogP contribution >= 0.6 is 23.2 Å². The maximum Gasteiger partial charge on any atom is 0.431 e. The number of unbranched alkanes of at least 4 members (excludes halogenated alkanes) is 1. The van der Waals surface area contributed by atoms with E-state index in [1.807, 2.05) is 6.92 Å². The van der Waals surface area contributed by atoms with E-state index in [-0.39, 0.29) is 35.8 Å². The summed E-state index contributed by atoms with van der Waals surface area (Å²) in [6.45, 7) is 2.23. The van der Waals surface area contributed by atoms with Crippen LogP contribution in [0, 0.1) is 0 Å². The monoisotopic (exact) mass is 531 g/mol. The first-order valence-corrected chi connectivity index (χ1v) is 13.0. The number of nitrogens with zero attached hydrogens (tertiary/aromatic N) is 2. The van der Waals surface area contributed by atoms with Crippen molar-refractivity contribution >= 4 is 52.9 Å². The zero-order chi connectivity index (χ0) is 25.9. The molecular weight excluding hydrogens is 503 g/mol. The molecule has 4 rings (SSSR count). The number of quaternary nitrogens is 1. The maximum atomic E-state index is 14.2. The molecule has 2 aliphatic rings. The Hall–Kier alpha value is -2.74. The maximum absolute atomic E-state index is 14.2. The van der Waals surface area contributed by atoms with Crippen LogP contribution < -0.4 is 9.22 Å². The first-order chi connectivity index (χ1) is 17.3. The quantitative estimate of drug-likeness (QED) is 0.160. The first-order valence-electron chi connectivity index (χ1n) is 12.3. The van der Waals surface area contributed by atoms with Crippen molar-refractivity contribution in [3.63, 3.8) is 0 Å². The van der Waals surface area contributed by atoms with Gasteiger partial charge in [-0.15, -0.1) is 0 Å². The number of halogens is 2. The standard InChI is InChI=1S/C27H29Cl2N2O5/c1-2-36-25-12-9-18(15-22(25)29)24(33)17-31(20-7-3-4-8-20)23-11-10-19(28)16-21(23)26(34)30(27(31)35)13-5-6-14-32/h9-12,14-16,20H,2-8,13,17H2,1H3/q+1. The topological polar surface area (TPSA) is 80.8 Å². The van der Waals surface area contributed by atoms with Crippen LogP contribution in [-0.2, 0) is 4.79 Å². The Balaban J connectivity index is 1.82. The van der Waals surface area contributed by atoms with Crippen LogP contribution in [0.15, 0.2) is 36.4 Å². The molecule has 7 nitrogen and oxygen atoms in total. The zero-order valence-electron chi connectivity index (χ0n) is 20.2. The lowest BCUT2D eigenvalue weighted by Crippen LogP contribution is -2.69. The van der Waals surface area contributed by atoms with Crippen molar-refractivity contribution in [1.29, 1.82) is 0 Å². The van der Waals surface area contributed by atoms with Gasteiger partial charge >= 0.3 is 6.03 Å². The summed E-state index contributed by atoms with van der Waals surface area (Å²) in [4.78, 5) is 53.5. The van der Waals surface area contributed by atoms with Gasteiger partial charge in [0.15, 0.2) is 12.2 Å². The van der Waals surface area contributed by atoms with Crippen molar-refractivity contribution in [2.45, 2.75) is 51.5 Å². The number of carbonyl (C=O) groups excluding carboxylic acids is 4. The largest absolute Gasteiger partial charge is 0.492 e. The molecule has 0 bridgehead atoms. The summed E-state index contributed by atoms with van der Waals surface area (Å²) in [6.07, 6.45) is 4.72. The van der Waals surface area contributed by atoms with Crippen LogP contribution in [0.5, 0.6) is 5.75 Å². The molecule has 2 aromatic carbocycles. The number of ketones is 1. The van der Waals surface area contributed by atoms with E-state index in [1.165, 1.54) is 4.90 Å². The number of ether oxygens (including phenoxy) is 1. The molecule has 0 radical (unpaired) electrons. The Kier molecular flexibility index (Phi) is 8.13. The lowest BCUT2D eigenvalue weighted by atomic mass is 9.97. The van der Waals surface area contributed by atoms with Crippen molar-refractivity contribution in [2.24, 2.45) is 0 Å². The van der Waals surface area contributed by atoms with Gasteiger partial charge in [0.25, 0.3) is 5.91 Å². The minimum atomic E-state index is -0.452. The van der Waals surface area contributed by atoms with E-state index >= 15 is 0 Å². The number of imide groups is 1. The van der Waals surface area contributed by atoms with E-state index in [9.17, 15) is 19.2 Å². The second-order valence-corrected chi connectivity index (χ2v) is 10.0. The summed E-state index contributed by atoms with van der Waals surface area (Å²) >= 11 is 12.6. The molecular formula is C27H29Cl2N2O5+. The Bertz CT molecular complexity index is 1190. The summed E-state index contributed by atoms with van der Waals surface area (Å²) in [5.74, 6) is -0.230. The Morgan fingerprint density at radius 2 is 1.89 bits per heavy atom. The van der Waals surface area contributed by atoms with Gasteiger partial charge in [0.2, 0.25) is 5.78 Å². The number of amides is 3. The van der Waals surface area contributed by atoms with E-state index in [4.69, 9.17) is 27.9 Å². The molecule has 1 heterocycles. The minimum Gasteiger partial charge on any atom is -0.492 e. The van der Waals surface area contributed by atoms with Crippen molar-refractivity contribution in [2.75, 3.05) is 19.7 Å². The molecule has 1 aliphatic carbocycles. The fourth-order valence-electron chi connectivity index (χ4n) is 5.35. The molecule has 1 fully saturated rings. The smallest absolute Gasteiger partial charge is 0.431 e. The highest BCUT2D eigenvalue weighted by molar-refractivity contribution is 6.32. The molecule has 1 atom stereocenters. The summed E-state index contributed by atoms with van der Waals surface area (Å²) in [6, 6.07) is 9.19. The van der Waals surface area contributed by atoms with Gasteiger partial charge < -0.3 is 9.53 Å². The van der Waals surface area contributed by atoms with E-state index in [0.29, 0.717) is 45.6 Å². The fourth-order valence-corrected chi connectivity index (χ4v) is 5.76. The highest BCUT2D eigenvalue weighted by Gasteiger charge is 2.57. The predicted molar refractivity (Wildman–Crippen MR) is 139 cm³/mol. The van der Waals surface area contributed by atoms with Gasteiger partial charge in [0, 0.05) is 42.5 Å². The number of Topliss-reactive ketones (excluding diaryl/α,β-unsaturated/α-hetero) is 1. The van der Waals surface area contributed by atoms with Gasteiger partial charge in [0.05, 0.1) is 11.6 Å². The number of fused-ring (bicyclic) bond motifs is 1. The molecule has 0 aromatic heterocycles. The van der Waals surface area contributed by atoms with Gasteiger partial charge in [-0.3, -0.25) is 9.59 Å². The van der Waals surface area contributed by atoms with Gasteiger partial charge in [-0.25, -0.2) is 9.69 Å². The zero-order valence-corrected chi connectivity index (χ0v) is 21.7. The van der Waals surface area contributed by atoms with E-state index in [0.717, 1.165) is 32.0 Å². The second kappa shape index (κ2) is 11.1. The molecule has 1 aliphatic heterocycles. The summed E-state index contributed by atoms with van der Waals surface area (Å²) in [5.41, 5.74) is 1.18. The van der Waals surface area contributed by atoms with Crippen molar-refractivity contribution < 1.29 is 23.9 Å². The third-order valence-electron chi connectivity index (χ3n) is 7.03. The highest BCUT2D eigenvalue weighted by atomic mass is 35.5. The summed E-state index contributed by atoms with van der Waals surface area (Å²) in [7, 11) is 0. The number of aldehydes is 1. The highest BCUT2D eigenvalue weighted by Crippen LogP contribution is 2.43. The second-order valence-electron chi connectivity index (χ2n) is 9.18. The molecule has 0 N–H and O–H groups in total. The molecule has 36 heavy (non-hydrogen) atoms. The third-order valence-corrected chi connectivity index (χ3v) is 7.57. The molecule has 0 saturated heterocycles. The number of hydrogen-bond acceptors (Lipinski definition) is 5. The van der Waals surface area contributed by atoms with Crippen LogP contribution in [0.3, 0.4) is 0 Å². The number of urea groups is 1. The Labute approximate surface area is 220 Å². The molecule has 1 saturated carbocycles. The van der Waals surface area contributed by atoms with Crippen LogP contribution in [0.4, 0.5) is 10.5 Å². The number of rotatable bonds is 10. The van der Waals surface area contributed by atoms with Gasteiger partial charge in [-0.05, 0) is 56.5 Å². The lowest BCUT2D eigenvalue weighted by molar-refractivity contribution is -0.108. The molecule has 0 spiro atoms. The van der Waals surface area contributed by atoms with E-state index in [1.54, 1.807) is 36.4 Å². The summed E-state index contributed by atoms with van der Waals surface area (Å²) in [5, 5.41) is 0.691. The third kappa shape index (κ3) is 4.80. The average Bonchev–Trinajstić information content (AvgIpc) is 3.41. The van der Waals surface area contributed by atoms with Gasteiger partial charge in [-0.1, -0.05) is 23.2 Å². The lowest BCUT2D eigenvalue weighted by Gasteiger charge is -2.45. The molecule has 3 amide bonds. The van der Waals surface area contributed by atoms with E-state index in [2.05, 4.69) is 0 Å². The molecule has 190 valence electrons. The van der Waals surface area contributed by atoms with Gasteiger partial charge in [-0.2, -0.15) is 4.48 Å². The predicted octanol–water partition coefficient (Wildman–Crippen LogP) is 6.08. The number of benzene rings is 2. The van der Waals surface area contributed by atoms with Crippen LogP contribution in [0.2, 0.25) is 10.0 Å². The average molecular weight is 532 g/mol. The Morgan fingerprint density at radius 3 is 2.56 bits per heavy atom. The minimum absolute atomic E-state index is 0.0954. The van der Waals surface area contributed by atoms with Crippen molar-refractivity contribution in [3.8, 4) is 5.75 Å². The van der Waals surface area contributed by atoms with Crippen molar-refractivity contribution in [3.05, 3.63) is 57.6 Å². The van der Waals surface area contributed by atoms with Crippen LogP contribution in [0.1, 0.15) is 66.2 Å². The summed E-state index contributed by atoms with van der Waals surface area (Å²) < 4.78 is 5.21. The van der Waals surface area contributed by atoms with Crippen LogP contribution in [0.25, 0.3) is 0 Å². The SMILES string of the molecule is CCOc1ccc(C(=O)C[N+]2(C3CCCC3)C(=O)N(CCCC=O)C(=O)c3cc(Cl)ccc32)cc1Cl. The number of hydrogen-bond donors (Lipinski definition) is 0. The molecule has 1 unspecified atom stereocenters. The van der Waals surface area contributed by atoms with Crippen molar-refractivity contribution in [1.82, 2.24) is 9.38 Å². The normalized spacial score (nSPS) is 19.9. The number of carbonyl (C=O) groups is 4. The van der Waals surface area contributed by atoms with E-state index < -0.39 is 11.9 Å². The fraction of sp³-hybridized carbons (Fsp3) is 0.407. The first kappa shape index (κ1) is 26.3. The van der Waals surface area contributed by atoms with Gasteiger partial charge in [0.1, 0.15) is 23.6 Å². The Morgan fingerprint density at radius 1 is 1.14 bits per heavy atom. The van der Waals surface area contributed by atoms with Crippen LogP contribution in [-0.4, -0.2) is 54.6 Å². The molecule has 9 heteroatoms.